The number of ether oxygens (including phenoxy) is 15. The normalized spacial score (nSPS) is 53.6. The lowest BCUT2D eigenvalue weighted by atomic mass is 9.95. The van der Waals surface area contributed by atoms with Crippen LogP contribution >= 0.6 is 0 Å². The molecule has 0 aliphatic carbocycles. The van der Waals surface area contributed by atoms with Crippen LogP contribution in [0.3, 0.4) is 0 Å². The van der Waals surface area contributed by atoms with Crippen molar-refractivity contribution in [1.29, 1.82) is 0 Å². The van der Waals surface area contributed by atoms with Crippen molar-refractivity contribution in [1.82, 2.24) is 0 Å². The van der Waals surface area contributed by atoms with E-state index in [9.17, 15) is 133 Å². The first-order valence-electron chi connectivity index (χ1n) is 28.2. The fourth-order valence-corrected chi connectivity index (χ4v) is 11.2. The minimum Gasteiger partial charge on any atom is -0.394 e. The molecule has 0 amide bonds. The van der Waals surface area contributed by atoms with Crippen molar-refractivity contribution < 1.29 is 204 Å². The largest absolute Gasteiger partial charge is 0.394 e. The van der Waals surface area contributed by atoms with Crippen molar-refractivity contribution >= 4 is 0 Å². The molecule has 520 valence electrons. The van der Waals surface area contributed by atoms with Crippen molar-refractivity contribution in [3.8, 4) is 0 Å². The van der Waals surface area contributed by atoms with Crippen LogP contribution < -0.4 is 0 Å². The zero-order valence-electron chi connectivity index (χ0n) is 46.5. The summed E-state index contributed by atoms with van der Waals surface area (Å²) in [4.78, 5) is 0. The first kappa shape index (κ1) is 73.2. The van der Waals surface area contributed by atoms with Crippen LogP contribution in [-0.4, -0.2) is 431 Å². The van der Waals surface area contributed by atoms with Crippen LogP contribution in [0.15, 0.2) is 0 Å². The molecule has 8 heterocycles. The Morgan fingerprint density at radius 3 is 0.775 bits per heavy atom. The van der Waals surface area contributed by atoms with Crippen LogP contribution in [-0.2, 0) is 71.1 Å². The molecule has 0 radical (unpaired) electrons. The highest BCUT2D eigenvalue weighted by atomic mass is 16.8. The first-order chi connectivity index (χ1) is 42.2. The Balaban J connectivity index is 1.06. The highest BCUT2D eigenvalue weighted by Gasteiger charge is 2.59. The Labute approximate surface area is 501 Å². The van der Waals surface area contributed by atoms with Gasteiger partial charge >= 0.3 is 0 Å². The topological polar surface area (TPSA) is 664 Å². The molecular formula is C48H82O41. The van der Waals surface area contributed by atoms with Crippen molar-refractivity contribution in [2.45, 2.75) is 246 Å². The van der Waals surface area contributed by atoms with Crippen molar-refractivity contribution in [3.63, 3.8) is 0 Å². The Morgan fingerprint density at radius 2 is 0.438 bits per heavy atom. The van der Waals surface area contributed by atoms with Crippen molar-refractivity contribution in [2.75, 3.05) is 52.9 Å². The van der Waals surface area contributed by atoms with Gasteiger partial charge in [-0.1, -0.05) is 0 Å². The highest BCUT2D eigenvalue weighted by Crippen LogP contribution is 2.38. The van der Waals surface area contributed by atoms with Gasteiger partial charge in [0.15, 0.2) is 50.3 Å². The molecule has 89 heavy (non-hydrogen) atoms. The summed E-state index contributed by atoms with van der Waals surface area (Å²) in [6, 6.07) is 0. The maximum absolute atomic E-state index is 12.1. The molecule has 0 saturated carbocycles. The molecule has 8 fully saturated rings. The zero-order valence-corrected chi connectivity index (χ0v) is 46.5. The van der Waals surface area contributed by atoms with Crippen LogP contribution in [0.25, 0.3) is 0 Å². The van der Waals surface area contributed by atoms with Gasteiger partial charge in [-0.3, -0.25) is 0 Å². The molecule has 8 aliphatic rings. The third-order valence-electron chi connectivity index (χ3n) is 16.6. The number of hydrogen-bond acceptors (Lipinski definition) is 41. The van der Waals surface area contributed by atoms with E-state index in [4.69, 9.17) is 71.1 Å². The molecule has 0 spiro atoms. The van der Waals surface area contributed by atoms with E-state index in [0.717, 1.165) is 0 Å². The van der Waals surface area contributed by atoms with E-state index in [2.05, 4.69) is 0 Å². The molecule has 8 aliphatic heterocycles. The molecule has 0 aromatic rings. The van der Waals surface area contributed by atoms with Gasteiger partial charge in [-0.25, -0.2) is 0 Å². The fourth-order valence-electron chi connectivity index (χ4n) is 11.2. The molecule has 0 bridgehead atoms. The lowest BCUT2D eigenvalue weighted by Gasteiger charge is -2.49. The third kappa shape index (κ3) is 15.3. The number of hydrogen-bond donors (Lipinski definition) is 26. The molecule has 8 rings (SSSR count). The molecular weight excluding hydrogens is 1230 g/mol. The van der Waals surface area contributed by atoms with Gasteiger partial charge in [0.05, 0.1) is 52.9 Å². The second-order valence-corrected chi connectivity index (χ2v) is 22.5. The minimum absolute atomic E-state index is 0.943. The van der Waals surface area contributed by atoms with E-state index < -0.39 is 299 Å². The zero-order chi connectivity index (χ0) is 65.4. The van der Waals surface area contributed by atoms with Gasteiger partial charge in [-0.2, -0.15) is 0 Å². The molecule has 0 aromatic carbocycles. The van der Waals surface area contributed by atoms with Gasteiger partial charge in [-0.15, -0.1) is 0 Å². The molecule has 40 atom stereocenters. The Hall–Kier alpha value is -1.64. The molecule has 0 aromatic heterocycles. The number of aliphatic hydroxyl groups is 26. The molecule has 8 saturated heterocycles. The summed E-state index contributed by atoms with van der Waals surface area (Å²) in [5.41, 5.74) is 0. The van der Waals surface area contributed by atoms with E-state index in [-0.39, 0.29) is 0 Å². The van der Waals surface area contributed by atoms with E-state index in [1.165, 1.54) is 0 Å². The monoisotopic (exact) mass is 1310 g/mol. The molecule has 1 unspecified atom stereocenters. The number of rotatable bonds is 22. The summed E-state index contributed by atoms with van der Waals surface area (Å²) in [6.45, 7) is -8.15. The lowest BCUT2D eigenvalue weighted by molar-refractivity contribution is -0.396. The van der Waals surface area contributed by atoms with Crippen molar-refractivity contribution in [3.05, 3.63) is 0 Å². The Kier molecular flexibility index (Phi) is 25.9. The Morgan fingerprint density at radius 1 is 0.191 bits per heavy atom. The van der Waals surface area contributed by atoms with Gasteiger partial charge in [0, 0.05) is 0 Å². The van der Waals surface area contributed by atoms with Crippen LogP contribution in [0.1, 0.15) is 0 Å². The van der Waals surface area contributed by atoms with Gasteiger partial charge in [-0.05, 0) is 0 Å². The van der Waals surface area contributed by atoms with Gasteiger partial charge in [0.1, 0.15) is 195 Å². The predicted molar refractivity (Wildman–Crippen MR) is 264 cm³/mol. The van der Waals surface area contributed by atoms with Gasteiger partial charge < -0.3 is 204 Å². The maximum Gasteiger partial charge on any atom is 0.187 e. The van der Waals surface area contributed by atoms with Gasteiger partial charge in [0.2, 0.25) is 0 Å². The second kappa shape index (κ2) is 31.5. The third-order valence-corrected chi connectivity index (χ3v) is 16.6. The minimum atomic E-state index is -2.39. The maximum atomic E-state index is 12.1. The predicted octanol–water partition coefficient (Wildman–Crippen LogP) is -18.5. The molecule has 41 nitrogen and oxygen atoms in total. The average molecular weight is 1320 g/mol. The van der Waals surface area contributed by atoms with Crippen LogP contribution in [0.4, 0.5) is 0 Å². The SMILES string of the molecule is OC[C@H]1O[C@H](O[C@@H]2[C@@H](OC[C@H]3O[C@H](OC[C@H]4OC(O)[C@@H](O)[C@@H](O[C@H]5O[C@H](CO)[C@@H](O)[C@H](O)[C@@H]5O[C@H]5O[C@H](CO)[C@@H](O)[C@H](O)[C@@H]5O)[C@@H]4O)[C@@H](O)[C@@H](O[C@H]4O[C@H](CO)[C@@H](O)[C@H](O)[C@@H]4O[C@H]4O[C@H](CO)[C@@H](O)[C@H](O)[C@@H]4O)[C@@H]3O)O[C@H](CO)[C@@H](O)[C@@H]2O)[C@@H](O)[C@@H](O)[C@@H]1O. The smallest absolute Gasteiger partial charge is 0.187 e. The summed E-state index contributed by atoms with van der Waals surface area (Å²) < 4.78 is 85.1. The summed E-state index contributed by atoms with van der Waals surface area (Å²) in [7, 11) is 0. The van der Waals surface area contributed by atoms with E-state index in [0.29, 0.717) is 0 Å². The standard InChI is InChI=1S/C48H82O41/c49-1-9-17(55)25(63)31(69)43(78-9)87-38-28(66)20(58)12(4-52)81-46(38)76-8-16-24(62)37(86-48-40(30(68)22(60)14(6-54)83-48)89-45-33(71)27(65)19(57)11(3-51)80-45)35(73)42(84-16)75-7-15-23(61)36(34(72)41(74)77-15)85-47-39(29(67)21(59)13(5-53)82-47)88-44-32(70)26(64)18(56)10(2-50)79-44/h9-74H,1-8H2/t9-,10-,11-,12-,13-,14-,15-,16-,17-,18-,19-,20-,21-,22-,23-,24-,25+,26+,27+,28+,29+,30+,31+,32+,33+,34+,35+,36+,37+,38+,39+,40+,41?,42+,43-,44-,45-,46+,47-,48-/m1/s1. The summed E-state index contributed by atoms with van der Waals surface area (Å²) >= 11 is 0. The number of aliphatic hydroxyl groups excluding tert-OH is 26. The fraction of sp³-hybridized carbons (Fsp3) is 1.00. The van der Waals surface area contributed by atoms with Crippen molar-refractivity contribution in [2.24, 2.45) is 0 Å². The van der Waals surface area contributed by atoms with E-state index >= 15 is 0 Å². The second-order valence-electron chi connectivity index (χ2n) is 22.5. The quantitative estimate of drug-likeness (QED) is 0.0479. The molecule has 41 heteroatoms. The molecule has 26 N–H and O–H groups in total. The van der Waals surface area contributed by atoms with Crippen LogP contribution in [0, 0.1) is 0 Å². The first-order valence-corrected chi connectivity index (χ1v) is 28.2. The lowest BCUT2D eigenvalue weighted by Crippen LogP contribution is -2.68. The van der Waals surface area contributed by atoms with Crippen LogP contribution in [0.2, 0.25) is 0 Å². The summed E-state index contributed by atoms with van der Waals surface area (Å²) in [5.74, 6) is 0. The Bertz CT molecular complexity index is 2130. The summed E-state index contributed by atoms with van der Waals surface area (Å²) in [5, 5.41) is 279. The average Bonchev–Trinajstić information content (AvgIpc) is 2.04. The van der Waals surface area contributed by atoms with Crippen LogP contribution in [0.5, 0.6) is 0 Å². The van der Waals surface area contributed by atoms with E-state index in [1.807, 2.05) is 0 Å². The summed E-state index contributed by atoms with van der Waals surface area (Å²) in [6.07, 6.45) is -82.0. The van der Waals surface area contributed by atoms with E-state index in [1.54, 1.807) is 0 Å². The highest BCUT2D eigenvalue weighted by molar-refractivity contribution is 5.01. The van der Waals surface area contributed by atoms with Gasteiger partial charge in [0.25, 0.3) is 0 Å².